The lowest BCUT2D eigenvalue weighted by molar-refractivity contribution is 0.0997. The molecule has 2 saturated carbocycles. The average molecular weight is 381 g/mol. The largest absolute Gasteiger partial charge is 0.473 e. The Labute approximate surface area is 163 Å². The second-order valence-corrected chi connectivity index (χ2v) is 8.65. The number of hydrogen-bond acceptors (Lipinski definition) is 6. The number of nitrogens with one attached hydrogen (secondary N) is 1. The summed E-state index contributed by atoms with van der Waals surface area (Å²) in [6, 6.07) is 8.69. The maximum Gasteiger partial charge on any atom is 0.236 e. The summed E-state index contributed by atoms with van der Waals surface area (Å²) in [6.45, 7) is 0. The molecule has 0 radical (unpaired) electrons. The van der Waals surface area contributed by atoms with Gasteiger partial charge in [-0.25, -0.2) is 9.97 Å². The fraction of sp³-hybridized carbons (Fsp3) is 0.476. The smallest absolute Gasteiger partial charge is 0.236 e. The van der Waals surface area contributed by atoms with Gasteiger partial charge in [-0.1, -0.05) is 42.7 Å². The van der Waals surface area contributed by atoms with Crippen LogP contribution in [0.25, 0.3) is 10.2 Å². The minimum absolute atomic E-state index is 0.218. The van der Waals surface area contributed by atoms with Crippen LogP contribution in [0.3, 0.4) is 0 Å². The van der Waals surface area contributed by atoms with Crippen LogP contribution in [0.1, 0.15) is 56.6 Å². The predicted octanol–water partition coefficient (Wildman–Crippen LogP) is 5.16. The van der Waals surface area contributed by atoms with Gasteiger partial charge in [-0.3, -0.25) is 4.98 Å². The molecule has 0 unspecified atom stereocenters. The van der Waals surface area contributed by atoms with Gasteiger partial charge in [-0.15, -0.1) is 0 Å². The molecule has 2 fully saturated rings. The first kappa shape index (κ1) is 16.9. The van der Waals surface area contributed by atoms with Crippen molar-refractivity contribution < 1.29 is 4.74 Å². The summed E-state index contributed by atoms with van der Waals surface area (Å²) >= 11 is 1.72. The number of hydrogen-bond donors (Lipinski definition) is 1. The van der Waals surface area contributed by atoms with Crippen molar-refractivity contribution in [2.24, 2.45) is 0 Å². The van der Waals surface area contributed by atoms with Crippen LogP contribution in [0.15, 0.2) is 36.7 Å². The molecule has 27 heavy (non-hydrogen) atoms. The summed E-state index contributed by atoms with van der Waals surface area (Å²) in [5, 5.41) is 4.55. The van der Waals surface area contributed by atoms with Crippen LogP contribution < -0.4 is 10.1 Å². The van der Waals surface area contributed by atoms with Crippen molar-refractivity contribution in [1.29, 1.82) is 0 Å². The van der Waals surface area contributed by atoms with E-state index in [4.69, 9.17) is 4.74 Å². The molecule has 0 amide bonds. The number of rotatable bonds is 5. The maximum atomic E-state index is 6.23. The molecule has 6 heteroatoms. The molecule has 0 bridgehead atoms. The van der Waals surface area contributed by atoms with Crippen molar-refractivity contribution in [2.75, 3.05) is 5.32 Å². The van der Waals surface area contributed by atoms with Gasteiger partial charge < -0.3 is 10.1 Å². The summed E-state index contributed by atoms with van der Waals surface area (Å²) in [4.78, 5) is 13.8. The first-order chi connectivity index (χ1) is 13.3. The van der Waals surface area contributed by atoms with E-state index in [0.29, 0.717) is 12.0 Å². The summed E-state index contributed by atoms with van der Waals surface area (Å²) in [6.07, 6.45) is 12.1. The van der Waals surface area contributed by atoms with Crippen molar-refractivity contribution >= 4 is 26.7 Å². The third-order valence-electron chi connectivity index (χ3n) is 5.68. The molecule has 1 aromatic carbocycles. The van der Waals surface area contributed by atoms with Crippen LogP contribution in [0.5, 0.6) is 5.88 Å². The molecule has 2 aromatic heterocycles. The highest BCUT2D eigenvalue weighted by Crippen LogP contribution is 2.37. The summed E-state index contributed by atoms with van der Waals surface area (Å²) in [7, 11) is 0. The van der Waals surface area contributed by atoms with E-state index in [1.54, 1.807) is 23.7 Å². The summed E-state index contributed by atoms with van der Waals surface area (Å²) < 4.78 is 7.46. The van der Waals surface area contributed by atoms with Gasteiger partial charge in [0.05, 0.1) is 10.2 Å². The van der Waals surface area contributed by atoms with Crippen LogP contribution in [-0.2, 0) is 0 Å². The lowest BCUT2D eigenvalue weighted by atomic mass is 9.86. The molecular weight excluding hydrogens is 356 g/mol. The lowest BCUT2D eigenvalue weighted by Crippen LogP contribution is -2.42. The highest BCUT2D eigenvalue weighted by Gasteiger charge is 2.33. The van der Waals surface area contributed by atoms with E-state index in [1.165, 1.54) is 36.8 Å². The Bertz CT molecular complexity index is 882. The number of nitrogens with zero attached hydrogens (tertiary/aromatic N) is 3. The second-order valence-electron chi connectivity index (χ2n) is 7.62. The minimum Gasteiger partial charge on any atom is -0.473 e. The Hall–Kier alpha value is -2.21. The van der Waals surface area contributed by atoms with Gasteiger partial charge in [0, 0.05) is 37.2 Å². The third-order valence-corrected chi connectivity index (χ3v) is 6.65. The summed E-state index contributed by atoms with van der Waals surface area (Å²) in [5.41, 5.74) is 2.13. The Morgan fingerprint density at radius 2 is 1.81 bits per heavy atom. The van der Waals surface area contributed by atoms with Crippen molar-refractivity contribution in [3.8, 4) is 5.88 Å². The van der Waals surface area contributed by atoms with Gasteiger partial charge in [0.25, 0.3) is 0 Å². The number of ether oxygens (including phenoxy) is 1. The SMILES string of the molecule is c1ccc2sc(NC3CC(Oc4nccnc4C4CCCCC4)C3)nc2c1. The maximum absolute atomic E-state index is 6.23. The van der Waals surface area contributed by atoms with Crippen LogP contribution in [0.4, 0.5) is 5.13 Å². The fourth-order valence-corrected chi connectivity index (χ4v) is 5.07. The zero-order chi connectivity index (χ0) is 18.1. The lowest BCUT2D eigenvalue weighted by Gasteiger charge is -2.36. The van der Waals surface area contributed by atoms with Crippen LogP contribution in [0.2, 0.25) is 0 Å². The molecule has 2 aliphatic carbocycles. The quantitative estimate of drug-likeness (QED) is 0.663. The molecule has 3 aromatic rings. The highest BCUT2D eigenvalue weighted by molar-refractivity contribution is 7.22. The van der Waals surface area contributed by atoms with E-state index in [9.17, 15) is 0 Å². The normalized spacial score (nSPS) is 23.1. The second kappa shape index (κ2) is 7.43. The zero-order valence-corrected chi connectivity index (χ0v) is 16.1. The van der Waals surface area contributed by atoms with Gasteiger partial charge in [0.15, 0.2) is 5.13 Å². The number of anilines is 1. The first-order valence-corrected chi connectivity index (χ1v) is 10.8. The van der Waals surface area contributed by atoms with Crippen LogP contribution in [0, 0.1) is 0 Å². The number of para-hydroxylation sites is 1. The predicted molar refractivity (Wildman–Crippen MR) is 109 cm³/mol. The van der Waals surface area contributed by atoms with Crippen molar-refractivity contribution in [1.82, 2.24) is 15.0 Å². The number of aromatic nitrogens is 3. The highest BCUT2D eigenvalue weighted by atomic mass is 32.1. The molecule has 5 nitrogen and oxygen atoms in total. The standard InChI is InChI=1S/C21H24N4OS/c1-2-6-14(7-3-1)19-20(23-11-10-22-19)26-16-12-15(13-16)24-21-25-17-8-4-5-9-18(17)27-21/h4-5,8-11,14-16H,1-3,6-7,12-13H2,(H,24,25). The molecule has 0 atom stereocenters. The van der Waals surface area contributed by atoms with E-state index in [-0.39, 0.29) is 6.10 Å². The summed E-state index contributed by atoms with van der Waals surface area (Å²) in [5.74, 6) is 1.27. The zero-order valence-electron chi connectivity index (χ0n) is 15.3. The van der Waals surface area contributed by atoms with E-state index in [2.05, 4.69) is 38.5 Å². The molecule has 0 aliphatic heterocycles. The topological polar surface area (TPSA) is 59.9 Å². The van der Waals surface area contributed by atoms with Crippen molar-refractivity contribution in [3.63, 3.8) is 0 Å². The monoisotopic (exact) mass is 380 g/mol. The van der Waals surface area contributed by atoms with Gasteiger partial charge in [-0.05, 0) is 25.0 Å². The van der Waals surface area contributed by atoms with Crippen LogP contribution >= 0.6 is 11.3 Å². The molecule has 140 valence electrons. The Morgan fingerprint density at radius 3 is 2.67 bits per heavy atom. The van der Waals surface area contributed by atoms with Crippen LogP contribution in [-0.4, -0.2) is 27.1 Å². The molecule has 5 rings (SSSR count). The number of fused-ring (bicyclic) bond motifs is 1. The van der Waals surface area contributed by atoms with Gasteiger partial charge in [0.1, 0.15) is 11.8 Å². The molecule has 2 aliphatic rings. The molecule has 0 spiro atoms. The van der Waals surface area contributed by atoms with E-state index >= 15 is 0 Å². The number of benzene rings is 1. The van der Waals surface area contributed by atoms with E-state index in [1.807, 2.05) is 6.07 Å². The van der Waals surface area contributed by atoms with Gasteiger partial charge >= 0.3 is 0 Å². The van der Waals surface area contributed by atoms with E-state index < -0.39 is 0 Å². The number of thiazole rings is 1. The molecular formula is C21H24N4OS. The Morgan fingerprint density at radius 1 is 1.00 bits per heavy atom. The van der Waals surface area contributed by atoms with Gasteiger partial charge in [0.2, 0.25) is 5.88 Å². The average Bonchev–Trinajstić information content (AvgIpc) is 3.10. The van der Waals surface area contributed by atoms with E-state index in [0.717, 1.165) is 35.1 Å². The minimum atomic E-state index is 0.218. The third kappa shape index (κ3) is 3.63. The fourth-order valence-electron chi connectivity index (χ4n) is 4.13. The van der Waals surface area contributed by atoms with Crippen molar-refractivity contribution in [3.05, 3.63) is 42.4 Å². The Balaban J connectivity index is 1.19. The van der Waals surface area contributed by atoms with Crippen molar-refractivity contribution in [2.45, 2.75) is 63.0 Å². The molecule has 2 heterocycles. The Kier molecular flexibility index (Phi) is 4.66. The van der Waals surface area contributed by atoms with Gasteiger partial charge in [-0.2, -0.15) is 0 Å². The molecule has 1 N–H and O–H groups in total. The first-order valence-electron chi connectivity index (χ1n) is 9.95. The molecule has 0 saturated heterocycles.